The molecule has 0 amide bonds. The van der Waals surface area contributed by atoms with Gasteiger partial charge >= 0.3 is 5.97 Å². The van der Waals surface area contributed by atoms with Crippen molar-refractivity contribution in [1.82, 2.24) is 0 Å². The fraction of sp³-hybridized carbons (Fsp3) is 0.963. The topological polar surface area (TPSA) is 37.3 Å². The van der Waals surface area contributed by atoms with Crippen molar-refractivity contribution in [3.63, 3.8) is 0 Å². The average molecular weight is 405 g/mol. The Morgan fingerprint density at radius 1 is 0.862 bits per heavy atom. The van der Waals surface area contributed by atoms with E-state index in [1.807, 2.05) is 0 Å². The van der Waals surface area contributed by atoms with Crippen molar-refractivity contribution in [2.24, 2.45) is 40.4 Å². The molecule has 0 radical (unpaired) electrons. The molecular formula is C27H48O2. The monoisotopic (exact) mass is 404 g/mol. The molecule has 0 aromatic rings. The van der Waals surface area contributed by atoms with Gasteiger partial charge in [0.25, 0.3) is 0 Å². The molecule has 0 heterocycles. The lowest BCUT2D eigenvalue weighted by Gasteiger charge is -2.60. The molecule has 2 nitrogen and oxygen atoms in total. The second kappa shape index (κ2) is 9.73. The predicted octanol–water partition coefficient (Wildman–Crippen LogP) is 8.10. The molecule has 2 heteroatoms. The highest BCUT2D eigenvalue weighted by Gasteiger charge is 2.59. The third-order valence-corrected chi connectivity index (χ3v) is 10.3. The van der Waals surface area contributed by atoms with Gasteiger partial charge in [0.05, 0.1) is 0 Å². The maximum Gasteiger partial charge on any atom is 0.303 e. The summed E-state index contributed by atoms with van der Waals surface area (Å²) in [5.74, 6) is 4.71. The van der Waals surface area contributed by atoms with Gasteiger partial charge in [0.2, 0.25) is 0 Å². The molecule has 0 aromatic heterocycles. The van der Waals surface area contributed by atoms with Gasteiger partial charge in [-0.15, -0.1) is 0 Å². The van der Waals surface area contributed by atoms with Gasteiger partial charge in [-0.1, -0.05) is 59.8 Å². The number of aliphatic carboxylic acids is 1. The van der Waals surface area contributed by atoms with Crippen LogP contribution in [0.5, 0.6) is 0 Å². The summed E-state index contributed by atoms with van der Waals surface area (Å²) in [7, 11) is 0. The predicted molar refractivity (Wildman–Crippen MR) is 122 cm³/mol. The van der Waals surface area contributed by atoms with E-state index in [0.717, 1.165) is 54.3 Å². The van der Waals surface area contributed by atoms with Crippen molar-refractivity contribution in [2.45, 2.75) is 124 Å². The highest BCUT2D eigenvalue weighted by molar-refractivity contribution is 5.66. The lowest BCUT2D eigenvalue weighted by atomic mass is 9.45. The number of fused-ring (bicyclic) bond motifs is 5. The molecule has 4 rings (SSSR count). The van der Waals surface area contributed by atoms with Crippen LogP contribution >= 0.6 is 0 Å². The molecule has 4 fully saturated rings. The summed E-state index contributed by atoms with van der Waals surface area (Å²) in [6.45, 7) is 9.90. The van der Waals surface area contributed by atoms with Gasteiger partial charge in [-0.05, 0) is 98.2 Å². The van der Waals surface area contributed by atoms with Crippen LogP contribution in [-0.4, -0.2) is 11.1 Å². The minimum absolute atomic E-state index is 0.327. The summed E-state index contributed by atoms with van der Waals surface area (Å²) in [5.41, 5.74) is 1.45. The smallest absolute Gasteiger partial charge is 0.303 e. The molecule has 0 spiro atoms. The van der Waals surface area contributed by atoms with Crippen LogP contribution in [0.15, 0.2) is 0 Å². The van der Waals surface area contributed by atoms with Gasteiger partial charge in [0.1, 0.15) is 0 Å². The second-order valence-electron chi connectivity index (χ2n) is 11.5. The lowest BCUT2D eigenvalue weighted by Crippen LogP contribution is -2.52. The van der Waals surface area contributed by atoms with Crippen LogP contribution in [0.4, 0.5) is 0 Å². The van der Waals surface area contributed by atoms with Gasteiger partial charge < -0.3 is 5.11 Å². The fourth-order valence-corrected chi connectivity index (χ4v) is 8.60. The van der Waals surface area contributed by atoms with Crippen molar-refractivity contribution >= 4 is 5.97 Å². The summed E-state index contributed by atoms with van der Waals surface area (Å²) in [4.78, 5) is 9.87. The first-order valence-corrected chi connectivity index (χ1v) is 13.1. The zero-order valence-corrected chi connectivity index (χ0v) is 19.8. The number of carbonyl (C=O) groups is 1. The second-order valence-corrected chi connectivity index (χ2v) is 11.5. The zero-order valence-electron chi connectivity index (χ0n) is 19.8. The van der Waals surface area contributed by atoms with Crippen molar-refractivity contribution in [2.75, 3.05) is 0 Å². The van der Waals surface area contributed by atoms with Crippen LogP contribution < -0.4 is 0 Å². The Morgan fingerprint density at radius 3 is 2.31 bits per heavy atom. The maximum atomic E-state index is 9.87. The molecule has 1 unspecified atom stereocenters. The van der Waals surface area contributed by atoms with Crippen molar-refractivity contribution < 1.29 is 9.90 Å². The standard InChI is InChI=1S/C21H36.C6H12O2/c1-4-15-9-11-18-17-10-8-16-7-5-6-13-20(16,2)19(17)12-14-21(15,18)3;1-2-3-4-5-6(7)8/h15-19H,4-14H2,1-3H3;2-5H2,1H3,(H,7,8)/t15-,16?,17-,18-,19-,20-,21+;/m0./s1. The van der Waals surface area contributed by atoms with E-state index >= 15 is 0 Å². The highest BCUT2D eigenvalue weighted by atomic mass is 16.4. The first-order chi connectivity index (χ1) is 13.9. The van der Waals surface area contributed by atoms with Crippen molar-refractivity contribution in [3.8, 4) is 0 Å². The van der Waals surface area contributed by atoms with Crippen LogP contribution in [0.2, 0.25) is 0 Å². The van der Waals surface area contributed by atoms with E-state index in [-0.39, 0.29) is 0 Å². The highest BCUT2D eigenvalue weighted by Crippen LogP contribution is 2.67. The number of unbranched alkanes of at least 4 members (excludes halogenated alkanes) is 2. The Balaban J connectivity index is 0.000000258. The molecule has 4 aliphatic rings. The maximum absolute atomic E-state index is 9.87. The molecule has 0 aromatic carbocycles. The Morgan fingerprint density at radius 2 is 1.62 bits per heavy atom. The van der Waals surface area contributed by atoms with Crippen molar-refractivity contribution in [1.29, 1.82) is 0 Å². The third kappa shape index (κ3) is 4.57. The minimum Gasteiger partial charge on any atom is -0.481 e. The van der Waals surface area contributed by atoms with E-state index in [1.165, 1.54) is 19.3 Å². The SMILES string of the molecule is CCCCCC(=O)O.CC[C@H]1CC[C@H]2[C@@H]3CCC4CCCC[C@]4(C)[C@H]3CC[C@]12C. The number of carboxylic acid groups (broad SMARTS) is 1. The van der Waals surface area contributed by atoms with E-state index in [0.29, 0.717) is 11.8 Å². The Bertz CT molecular complexity index is 543. The van der Waals surface area contributed by atoms with Crippen LogP contribution in [0, 0.1) is 40.4 Å². The zero-order chi connectivity index (χ0) is 21.1. The summed E-state index contributed by atoms with van der Waals surface area (Å²) in [6, 6.07) is 0. The molecular weight excluding hydrogens is 356 g/mol. The number of carboxylic acids is 1. The Kier molecular flexibility index (Phi) is 7.77. The molecule has 0 bridgehead atoms. The molecule has 4 saturated carbocycles. The molecule has 29 heavy (non-hydrogen) atoms. The summed E-state index contributed by atoms with van der Waals surface area (Å²) in [6.07, 6.45) is 20.3. The number of rotatable bonds is 5. The average Bonchev–Trinajstić information content (AvgIpc) is 3.04. The van der Waals surface area contributed by atoms with Gasteiger partial charge in [-0.2, -0.15) is 0 Å². The van der Waals surface area contributed by atoms with E-state index < -0.39 is 5.97 Å². The minimum atomic E-state index is -0.682. The van der Waals surface area contributed by atoms with Crippen LogP contribution in [-0.2, 0) is 4.79 Å². The summed E-state index contributed by atoms with van der Waals surface area (Å²) < 4.78 is 0. The van der Waals surface area contributed by atoms with E-state index in [4.69, 9.17) is 5.11 Å². The largest absolute Gasteiger partial charge is 0.481 e. The molecule has 1 N–H and O–H groups in total. The summed E-state index contributed by atoms with van der Waals surface area (Å²) >= 11 is 0. The van der Waals surface area contributed by atoms with Crippen LogP contribution in [0.1, 0.15) is 124 Å². The normalized spacial score (nSPS) is 43.4. The summed E-state index contributed by atoms with van der Waals surface area (Å²) in [5, 5.41) is 8.14. The van der Waals surface area contributed by atoms with Gasteiger partial charge in [0, 0.05) is 6.42 Å². The quantitative estimate of drug-likeness (QED) is 0.470. The molecule has 0 saturated heterocycles. The Hall–Kier alpha value is -0.530. The van der Waals surface area contributed by atoms with Crippen LogP contribution in [0.3, 0.4) is 0 Å². The van der Waals surface area contributed by atoms with Gasteiger partial charge in [-0.3, -0.25) is 4.79 Å². The number of hydrogen-bond acceptors (Lipinski definition) is 1. The van der Waals surface area contributed by atoms with E-state index in [9.17, 15) is 4.79 Å². The van der Waals surface area contributed by atoms with Crippen LogP contribution in [0.25, 0.3) is 0 Å². The van der Waals surface area contributed by atoms with E-state index in [1.54, 1.807) is 51.4 Å². The third-order valence-electron chi connectivity index (χ3n) is 10.3. The molecule has 7 atom stereocenters. The van der Waals surface area contributed by atoms with Gasteiger partial charge in [0.15, 0.2) is 0 Å². The lowest BCUT2D eigenvalue weighted by molar-refractivity contribution is -0.137. The fourth-order valence-electron chi connectivity index (χ4n) is 8.60. The Labute approximate surface area is 180 Å². The first kappa shape index (κ1) is 23.1. The molecule has 168 valence electrons. The van der Waals surface area contributed by atoms with Gasteiger partial charge in [-0.25, -0.2) is 0 Å². The van der Waals surface area contributed by atoms with E-state index in [2.05, 4.69) is 27.7 Å². The molecule has 4 aliphatic carbocycles. The van der Waals surface area contributed by atoms with Crippen molar-refractivity contribution in [3.05, 3.63) is 0 Å². The number of hydrogen-bond donors (Lipinski definition) is 1. The first-order valence-electron chi connectivity index (χ1n) is 13.1. The molecule has 0 aliphatic heterocycles.